The molecular formula is C11H15ClO3S. The van der Waals surface area contributed by atoms with Crippen molar-refractivity contribution in [2.75, 3.05) is 0 Å². The van der Waals surface area contributed by atoms with Crippen LogP contribution >= 0.6 is 10.7 Å². The number of ether oxygens (including phenoxy) is 1. The predicted octanol–water partition coefficient (Wildman–Crippen LogP) is 3.10. The molecule has 0 heterocycles. The van der Waals surface area contributed by atoms with Crippen molar-refractivity contribution in [2.24, 2.45) is 0 Å². The number of rotatable bonds is 4. The van der Waals surface area contributed by atoms with Gasteiger partial charge in [0.2, 0.25) is 0 Å². The van der Waals surface area contributed by atoms with Gasteiger partial charge in [0, 0.05) is 10.7 Å². The largest absolute Gasteiger partial charge is 0.371 e. The molecule has 3 nitrogen and oxygen atoms in total. The van der Waals surface area contributed by atoms with E-state index in [-0.39, 0.29) is 17.1 Å². The molecule has 0 fully saturated rings. The lowest BCUT2D eigenvalue weighted by molar-refractivity contribution is 0.0178. The molecule has 0 bridgehead atoms. The van der Waals surface area contributed by atoms with Crippen molar-refractivity contribution in [3.8, 4) is 0 Å². The summed E-state index contributed by atoms with van der Waals surface area (Å²) in [5.74, 6) is 0. The van der Waals surface area contributed by atoms with Crippen molar-refractivity contribution in [1.29, 1.82) is 0 Å². The molecule has 0 saturated carbocycles. The first-order chi connectivity index (χ1) is 7.30. The Morgan fingerprint density at radius 2 is 1.62 bits per heavy atom. The van der Waals surface area contributed by atoms with Crippen LogP contribution in [0.25, 0.3) is 0 Å². The minimum absolute atomic E-state index is 0.0629. The monoisotopic (exact) mass is 262 g/mol. The predicted molar refractivity (Wildman–Crippen MR) is 64.1 cm³/mol. The van der Waals surface area contributed by atoms with E-state index in [4.69, 9.17) is 15.4 Å². The lowest BCUT2D eigenvalue weighted by Crippen LogP contribution is -2.07. The zero-order chi connectivity index (χ0) is 12.3. The Labute approximate surface area is 101 Å². The fourth-order valence-electron chi connectivity index (χ4n) is 1.39. The minimum Gasteiger partial charge on any atom is -0.371 e. The molecule has 1 atom stereocenters. The second-order valence-electron chi connectivity index (χ2n) is 3.83. The molecule has 0 radical (unpaired) electrons. The fraction of sp³-hybridized carbons (Fsp3) is 0.455. The smallest absolute Gasteiger partial charge is 0.261 e. The molecule has 16 heavy (non-hydrogen) atoms. The summed E-state index contributed by atoms with van der Waals surface area (Å²) in [5.41, 5.74) is 0.928. The van der Waals surface area contributed by atoms with Crippen LogP contribution in [0.5, 0.6) is 0 Å². The lowest BCUT2D eigenvalue weighted by atomic mass is 10.1. The van der Waals surface area contributed by atoms with E-state index >= 15 is 0 Å². The highest BCUT2D eigenvalue weighted by atomic mass is 35.7. The number of benzene rings is 1. The first-order valence-electron chi connectivity index (χ1n) is 5.01. The van der Waals surface area contributed by atoms with Crippen molar-refractivity contribution in [3.63, 3.8) is 0 Å². The average molecular weight is 263 g/mol. The summed E-state index contributed by atoms with van der Waals surface area (Å²) >= 11 is 0. The standard InChI is InChI=1S/C11H15ClO3S/c1-8(2)15-9(3)10-4-6-11(7-5-10)16(12,13)14/h4-9H,1-3H3. The highest BCUT2D eigenvalue weighted by molar-refractivity contribution is 8.13. The van der Waals surface area contributed by atoms with Crippen LogP contribution in [-0.2, 0) is 13.8 Å². The van der Waals surface area contributed by atoms with E-state index in [0.717, 1.165) is 5.56 Å². The van der Waals surface area contributed by atoms with Crippen molar-refractivity contribution in [3.05, 3.63) is 29.8 Å². The molecule has 0 aliphatic rings. The Hall–Kier alpha value is -0.580. The van der Waals surface area contributed by atoms with Crippen molar-refractivity contribution in [2.45, 2.75) is 37.9 Å². The maximum atomic E-state index is 11.0. The summed E-state index contributed by atoms with van der Waals surface area (Å²) in [6.07, 6.45) is 0.0681. The van der Waals surface area contributed by atoms with Crippen molar-refractivity contribution < 1.29 is 13.2 Å². The van der Waals surface area contributed by atoms with Gasteiger partial charge in [-0.2, -0.15) is 0 Å². The fourth-order valence-corrected chi connectivity index (χ4v) is 2.16. The molecule has 0 saturated heterocycles. The highest BCUT2D eigenvalue weighted by Gasteiger charge is 2.12. The molecule has 1 aromatic carbocycles. The van der Waals surface area contributed by atoms with E-state index in [1.165, 1.54) is 12.1 Å². The molecule has 0 aliphatic carbocycles. The van der Waals surface area contributed by atoms with E-state index in [1.807, 2.05) is 20.8 Å². The van der Waals surface area contributed by atoms with Crippen molar-refractivity contribution >= 4 is 19.7 Å². The molecule has 0 amide bonds. The molecule has 5 heteroatoms. The van der Waals surface area contributed by atoms with Crippen LogP contribution in [-0.4, -0.2) is 14.5 Å². The Bertz CT molecular complexity index is 437. The maximum Gasteiger partial charge on any atom is 0.261 e. The van der Waals surface area contributed by atoms with Crippen molar-refractivity contribution in [1.82, 2.24) is 0 Å². The van der Waals surface area contributed by atoms with Gasteiger partial charge in [0.1, 0.15) is 0 Å². The normalized spacial score (nSPS) is 14.1. The molecular weight excluding hydrogens is 248 g/mol. The molecule has 0 spiro atoms. The second kappa shape index (κ2) is 5.17. The van der Waals surface area contributed by atoms with E-state index in [2.05, 4.69) is 0 Å². The van der Waals surface area contributed by atoms with E-state index < -0.39 is 9.05 Å². The van der Waals surface area contributed by atoms with Gasteiger partial charge in [-0.3, -0.25) is 0 Å². The Balaban J connectivity index is 2.87. The topological polar surface area (TPSA) is 43.4 Å². The van der Waals surface area contributed by atoms with Crippen LogP contribution < -0.4 is 0 Å². The molecule has 0 aromatic heterocycles. The van der Waals surface area contributed by atoms with Crippen LogP contribution in [0.1, 0.15) is 32.4 Å². The number of hydrogen-bond donors (Lipinski definition) is 0. The summed E-state index contributed by atoms with van der Waals surface area (Å²) in [4.78, 5) is 0.106. The van der Waals surface area contributed by atoms with E-state index in [1.54, 1.807) is 12.1 Å². The van der Waals surface area contributed by atoms with Gasteiger partial charge >= 0.3 is 0 Å². The highest BCUT2D eigenvalue weighted by Crippen LogP contribution is 2.21. The molecule has 1 unspecified atom stereocenters. The molecule has 0 N–H and O–H groups in total. The summed E-state index contributed by atoms with van der Waals surface area (Å²) < 4.78 is 27.6. The second-order valence-corrected chi connectivity index (χ2v) is 6.40. The van der Waals surface area contributed by atoms with Gasteiger partial charge in [-0.1, -0.05) is 12.1 Å². The van der Waals surface area contributed by atoms with Crippen LogP contribution in [0.4, 0.5) is 0 Å². The van der Waals surface area contributed by atoms with Gasteiger partial charge in [0.05, 0.1) is 17.1 Å². The van der Waals surface area contributed by atoms with Gasteiger partial charge in [-0.15, -0.1) is 0 Å². The molecule has 90 valence electrons. The molecule has 1 aromatic rings. The van der Waals surface area contributed by atoms with E-state index in [0.29, 0.717) is 0 Å². The Morgan fingerprint density at radius 1 is 1.12 bits per heavy atom. The summed E-state index contributed by atoms with van der Waals surface area (Å²) in [7, 11) is 1.58. The van der Waals surface area contributed by atoms with Gasteiger partial charge in [0.25, 0.3) is 9.05 Å². The number of hydrogen-bond acceptors (Lipinski definition) is 3. The summed E-state index contributed by atoms with van der Waals surface area (Å²) in [6.45, 7) is 5.83. The maximum absolute atomic E-state index is 11.0. The third kappa shape index (κ3) is 3.77. The Kier molecular flexibility index (Phi) is 4.35. The van der Waals surface area contributed by atoms with Gasteiger partial charge in [-0.25, -0.2) is 8.42 Å². The zero-order valence-corrected chi connectivity index (χ0v) is 11.0. The first-order valence-corrected chi connectivity index (χ1v) is 7.31. The third-order valence-electron chi connectivity index (χ3n) is 2.11. The Morgan fingerprint density at radius 3 is 2.00 bits per heavy atom. The van der Waals surface area contributed by atoms with Gasteiger partial charge in [0.15, 0.2) is 0 Å². The first kappa shape index (κ1) is 13.5. The molecule has 0 aliphatic heterocycles. The van der Waals surface area contributed by atoms with Crippen LogP contribution in [0.3, 0.4) is 0 Å². The van der Waals surface area contributed by atoms with Crippen LogP contribution in [0.2, 0.25) is 0 Å². The minimum atomic E-state index is -3.64. The zero-order valence-electron chi connectivity index (χ0n) is 9.48. The van der Waals surface area contributed by atoms with E-state index in [9.17, 15) is 8.42 Å². The SMILES string of the molecule is CC(C)OC(C)c1ccc(S(=O)(=O)Cl)cc1. The quantitative estimate of drug-likeness (QED) is 0.783. The van der Waals surface area contributed by atoms with Crippen LogP contribution in [0, 0.1) is 0 Å². The van der Waals surface area contributed by atoms with Crippen LogP contribution in [0.15, 0.2) is 29.2 Å². The van der Waals surface area contributed by atoms with Gasteiger partial charge in [-0.05, 0) is 38.5 Å². The summed E-state index contributed by atoms with van der Waals surface area (Å²) in [5, 5.41) is 0. The number of halogens is 1. The molecule has 1 rings (SSSR count). The third-order valence-corrected chi connectivity index (χ3v) is 3.48. The van der Waals surface area contributed by atoms with Gasteiger partial charge < -0.3 is 4.74 Å². The average Bonchev–Trinajstić information content (AvgIpc) is 2.15. The lowest BCUT2D eigenvalue weighted by Gasteiger charge is -2.16. The summed E-state index contributed by atoms with van der Waals surface area (Å²) in [6, 6.07) is 6.39.